The van der Waals surface area contributed by atoms with Gasteiger partial charge in [-0.2, -0.15) is 17.9 Å². The highest BCUT2D eigenvalue weighted by molar-refractivity contribution is 9.11. The molecule has 0 spiro atoms. The number of benzene rings is 1. The van der Waals surface area contributed by atoms with Gasteiger partial charge in [0, 0.05) is 20.7 Å². The van der Waals surface area contributed by atoms with Crippen LogP contribution in [-0.4, -0.2) is 34.6 Å². The molecule has 1 aromatic carbocycles. The lowest BCUT2D eigenvalue weighted by molar-refractivity contribution is 0.316. The monoisotopic (exact) mass is 503 g/mol. The highest BCUT2D eigenvalue weighted by atomic mass is 79.9. The molecule has 1 N–H and O–H groups in total. The second-order valence-electron chi connectivity index (χ2n) is 5.43. The molecule has 138 valence electrons. The molecule has 0 unspecified atom stereocenters. The molecule has 0 saturated heterocycles. The van der Waals surface area contributed by atoms with Crippen molar-refractivity contribution < 1.29 is 13.2 Å². The molecule has 8 nitrogen and oxygen atoms in total. The average molecular weight is 505 g/mol. The molecule has 0 bridgehead atoms. The van der Waals surface area contributed by atoms with E-state index in [-0.39, 0.29) is 5.78 Å². The highest BCUT2D eigenvalue weighted by Crippen LogP contribution is 2.34. The fourth-order valence-corrected chi connectivity index (χ4v) is 4.60. The Balaban J connectivity index is 2.08. The van der Waals surface area contributed by atoms with Crippen LogP contribution in [0.4, 0.5) is 5.69 Å². The van der Waals surface area contributed by atoms with Crippen molar-refractivity contribution in [3.8, 4) is 5.88 Å². The Morgan fingerprint density at radius 3 is 2.65 bits per heavy atom. The minimum absolute atomic E-state index is 0.149. The number of hydrogen-bond donors (Lipinski definition) is 1. The summed E-state index contributed by atoms with van der Waals surface area (Å²) < 4.78 is 36.0. The van der Waals surface area contributed by atoms with E-state index in [9.17, 15) is 8.42 Å². The van der Waals surface area contributed by atoms with Crippen molar-refractivity contribution in [3.63, 3.8) is 0 Å². The lowest BCUT2D eigenvalue weighted by Gasteiger charge is -2.11. The standard InChI is InChI=1S/C15H15Br2N5O3S/c1-4-25-11-7-9(3)18-14-19-15(20-22(11)14)26(23,24)21-13-10(16)6-5-8(2)12(13)17/h5-7,21H,4H2,1-3H3. The molecule has 0 radical (unpaired) electrons. The van der Waals surface area contributed by atoms with E-state index in [0.29, 0.717) is 32.8 Å². The number of nitrogens with zero attached hydrogens (tertiary/aromatic N) is 4. The Bertz CT molecular complexity index is 1100. The Hall–Kier alpha value is -1.72. The van der Waals surface area contributed by atoms with Crippen LogP contribution in [0.15, 0.2) is 32.3 Å². The van der Waals surface area contributed by atoms with Gasteiger partial charge in [0.15, 0.2) is 0 Å². The summed E-state index contributed by atoms with van der Waals surface area (Å²) in [5, 5.41) is 3.67. The number of ether oxygens (including phenoxy) is 1. The Morgan fingerprint density at radius 1 is 1.23 bits per heavy atom. The highest BCUT2D eigenvalue weighted by Gasteiger charge is 2.25. The first-order chi connectivity index (χ1) is 12.2. The quantitative estimate of drug-likeness (QED) is 0.571. The van der Waals surface area contributed by atoms with Crippen LogP contribution in [0.25, 0.3) is 5.78 Å². The zero-order chi connectivity index (χ0) is 19.1. The van der Waals surface area contributed by atoms with Gasteiger partial charge in [-0.05, 0) is 64.3 Å². The van der Waals surface area contributed by atoms with E-state index >= 15 is 0 Å². The molecule has 2 heterocycles. The van der Waals surface area contributed by atoms with E-state index in [1.807, 2.05) is 19.9 Å². The molecule has 0 fully saturated rings. The van der Waals surface area contributed by atoms with Crippen LogP contribution in [0.1, 0.15) is 18.2 Å². The molecular weight excluding hydrogens is 490 g/mol. The van der Waals surface area contributed by atoms with Crippen LogP contribution in [0.3, 0.4) is 0 Å². The summed E-state index contributed by atoms with van der Waals surface area (Å²) in [6.07, 6.45) is 0. The zero-order valence-corrected chi connectivity index (χ0v) is 18.1. The van der Waals surface area contributed by atoms with Gasteiger partial charge in [-0.1, -0.05) is 6.07 Å². The fraction of sp³-hybridized carbons (Fsp3) is 0.267. The maximum absolute atomic E-state index is 12.8. The topological polar surface area (TPSA) is 98.5 Å². The first kappa shape index (κ1) is 19.1. The third kappa shape index (κ3) is 3.55. The average Bonchev–Trinajstić information content (AvgIpc) is 3.00. The molecule has 0 aliphatic heterocycles. The van der Waals surface area contributed by atoms with Gasteiger partial charge < -0.3 is 4.74 Å². The van der Waals surface area contributed by atoms with E-state index in [1.165, 1.54) is 4.52 Å². The normalized spacial score (nSPS) is 11.7. The molecule has 0 aliphatic rings. The van der Waals surface area contributed by atoms with Crippen LogP contribution < -0.4 is 9.46 Å². The lowest BCUT2D eigenvalue weighted by Crippen LogP contribution is -2.16. The van der Waals surface area contributed by atoms with Crippen molar-refractivity contribution >= 4 is 53.3 Å². The number of sulfonamides is 1. The van der Waals surface area contributed by atoms with Gasteiger partial charge in [0.25, 0.3) is 21.0 Å². The van der Waals surface area contributed by atoms with Crippen LogP contribution in [0.2, 0.25) is 0 Å². The van der Waals surface area contributed by atoms with Gasteiger partial charge >= 0.3 is 0 Å². The number of nitrogens with one attached hydrogen (secondary N) is 1. The van der Waals surface area contributed by atoms with Gasteiger partial charge in [-0.15, -0.1) is 5.10 Å². The molecule has 26 heavy (non-hydrogen) atoms. The summed E-state index contributed by atoms with van der Waals surface area (Å²) >= 11 is 6.74. The summed E-state index contributed by atoms with van der Waals surface area (Å²) in [6.45, 7) is 5.86. The largest absolute Gasteiger partial charge is 0.478 e. The Morgan fingerprint density at radius 2 is 1.96 bits per heavy atom. The van der Waals surface area contributed by atoms with Crippen LogP contribution in [-0.2, 0) is 10.0 Å². The number of anilines is 1. The fourth-order valence-electron chi connectivity index (χ4n) is 2.23. The molecule has 0 aliphatic carbocycles. The maximum atomic E-state index is 12.8. The Kier molecular flexibility index (Phi) is 5.22. The van der Waals surface area contributed by atoms with E-state index in [4.69, 9.17) is 4.74 Å². The van der Waals surface area contributed by atoms with Gasteiger partial charge in [-0.25, -0.2) is 4.98 Å². The SMILES string of the molecule is CCOc1cc(C)nc2nc(S(=O)(=O)Nc3c(Br)ccc(C)c3Br)nn12. The smallest absolute Gasteiger partial charge is 0.299 e. The van der Waals surface area contributed by atoms with E-state index in [1.54, 1.807) is 19.1 Å². The summed E-state index contributed by atoms with van der Waals surface area (Å²) in [4.78, 5) is 8.25. The maximum Gasteiger partial charge on any atom is 0.299 e. The lowest BCUT2D eigenvalue weighted by atomic mass is 10.2. The Labute approximate surface area is 167 Å². The van der Waals surface area contributed by atoms with Gasteiger partial charge in [0.2, 0.25) is 5.88 Å². The van der Waals surface area contributed by atoms with Crippen LogP contribution in [0.5, 0.6) is 5.88 Å². The van der Waals surface area contributed by atoms with Gasteiger partial charge in [0.1, 0.15) is 0 Å². The third-order valence-electron chi connectivity index (χ3n) is 3.44. The summed E-state index contributed by atoms with van der Waals surface area (Å²) in [7, 11) is -4.03. The van der Waals surface area contributed by atoms with Crippen LogP contribution >= 0.6 is 31.9 Å². The number of fused-ring (bicyclic) bond motifs is 1. The summed E-state index contributed by atoms with van der Waals surface area (Å²) in [5.41, 5.74) is 1.90. The van der Waals surface area contributed by atoms with E-state index in [2.05, 4.69) is 51.6 Å². The first-order valence-electron chi connectivity index (χ1n) is 7.57. The van der Waals surface area contributed by atoms with Crippen molar-refractivity contribution in [2.24, 2.45) is 0 Å². The summed E-state index contributed by atoms with van der Waals surface area (Å²) in [5.74, 6) is 0.526. The zero-order valence-electron chi connectivity index (χ0n) is 14.1. The summed E-state index contributed by atoms with van der Waals surface area (Å²) in [6, 6.07) is 5.28. The van der Waals surface area contributed by atoms with E-state index in [0.717, 1.165) is 5.56 Å². The minimum Gasteiger partial charge on any atom is -0.478 e. The number of aromatic nitrogens is 4. The number of hydrogen-bond acceptors (Lipinski definition) is 6. The molecule has 3 aromatic rings. The molecule has 3 rings (SSSR count). The molecule has 2 aromatic heterocycles. The number of halogens is 2. The second-order valence-corrected chi connectivity index (χ2v) is 8.66. The third-order valence-corrected chi connectivity index (χ3v) is 6.25. The molecule has 0 atom stereocenters. The predicted molar refractivity (Wildman–Crippen MR) is 104 cm³/mol. The van der Waals surface area contributed by atoms with Gasteiger partial charge in [0.05, 0.1) is 12.3 Å². The molecule has 0 amide bonds. The van der Waals surface area contributed by atoms with Crippen molar-refractivity contribution in [1.82, 2.24) is 19.6 Å². The van der Waals surface area contributed by atoms with E-state index < -0.39 is 15.2 Å². The van der Waals surface area contributed by atoms with Crippen molar-refractivity contribution in [2.45, 2.75) is 25.9 Å². The van der Waals surface area contributed by atoms with Crippen LogP contribution in [0, 0.1) is 13.8 Å². The molecular formula is C15H15Br2N5O3S. The first-order valence-corrected chi connectivity index (χ1v) is 10.6. The molecule has 0 saturated carbocycles. The molecule has 11 heteroatoms. The second kappa shape index (κ2) is 7.12. The van der Waals surface area contributed by atoms with Gasteiger partial charge in [-0.3, -0.25) is 4.72 Å². The minimum atomic E-state index is -4.03. The number of aryl methyl sites for hydroxylation is 2. The number of rotatable bonds is 5. The van der Waals surface area contributed by atoms with Crippen molar-refractivity contribution in [1.29, 1.82) is 0 Å². The predicted octanol–water partition coefficient (Wildman–Crippen LogP) is 3.47. The van der Waals surface area contributed by atoms with Crippen molar-refractivity contribution in [3.05, 3.63) is 38.4 Å². The van der Waals surface area contributed by atoms with Crippen molar-refractivity contribution in [2.75, 3.05) is 11.3 Å².